The molecule has 1 aliphatic heterocycles. The van der Waals surface area contributed by atoms with Crippen molar-refractivity contribution in [2.75, 3.05) is 18.5 Å². The molecule has 6 nitrogen and oxygen atoms in total. The van der Waals surface area contributed by atoms with Crippen LogP contribution in [0.25, 0.3) is 11.5 Å². The van der Waals surface area contributed by atoms with Gasteiger partial charge in [0.05, 0.1) is 18.4 Å². The van der Waals surface area contributed by atoms with Crippen molar-refractivity contribution in [3.63, 3.8) is 0 Å². The van der Waals surface area contributed by atoms with E-state index in [1.165, 1.54) is 0 Å². The van der Waals surface area contributed by atoms with Gasteiger partial charge in [0.25, 0.3) is 0 Å². The molecule has 0 spiro atoms. The Labute approximate surface area is 135 Å². The second kappa shape index (κ2) is 6.52. The zero-order chi connectivity index (χ0) is 16.4. The Morgan fingerprint density at radius 1 is 1.39 bits per heavy atom. The standard InChI is InChI=1S/C17H21N3O3/c1-10-4-5-13(8-14(10)17-19-11(2)9-23-17)20-16(21)15-12(3)22-7-6-18-15/h4-5,8-9,12,15,18H,6-7H2,1-3H3,(H,20,21)/t12-,15+/m1/s1. The normalized spacial score (nSPS) is 21.2. The van der Waals surface area contributed by atoms with E-state index in [-0.39, 0.29) is 18.1 Å². The summed E-state index contributed by atoms with van der Waals surface area (Å²) in [6, 6.07) is 5.35. The van der Waals surface area contributed by atoms with Gasteiger partial charge in [-0.25, -0.2) is 4.98 Å². The lowest BCUT2D eigenvalue weighted by atomic mass is 10.1. The Morgan fingerprint density at radius 3 is 2.91 bits per heavy atom. The number of aromatic nitrogens is 1. The molecule has 6 heteroatoms. The average molecular weight is 315 g/mol. The quantitative estimate of drug-likeness (QED) is 0.908. The maximum atomic E-state index is 12.4. The van der Waals surface area contributed by atoms with Crippen LogP contribution in [0.5, 0.6) is 0 Å². The summed E-state index contributed by atoms with van der Waals surface area (Å²) in [5, 5.41) is 6.12. The van der Waals surface area contributed by atoms with Gasteiger partial charge in [-0.2, -0.15) is 0 Å². The van der Waals surface area contributed by atoms with E-state index in [1.807, 2.05) is 39.0 Å². The van der Waals surface area contributed by atoms with Crippen LogP contribution in [0.3, 0.4) is 0 Å². The Balaban J connectivity index is 1.79. The molecule has 1 saturated heterocycles. The summed E-state index contributed by atoms with van der Waals surface area (Å²) < 4.78 is 11.0. The largest absolute Gasteiger partial charge is 0.444 e. The number of amides is 1. The molecule has 1 aromatic carbocycles. The van der Waals surface area contributed by atoms with E-state index >= 15 is 0 Å². The molecule has 1 aliphatic rings. The molecule has 2 heterocycles. The second-order valence-electron chi connectivity index (χ2n) is 5.82. The number of nitrogens with one attached hydrogen (secondary N) is 2. The highest BCUT2D eigenvalue weighted by Gasteiger charge is 2.28. The average Bonchev–Trinajstić information content (AvgIpc) is 2.96. The Bertz CT molecular complexity index is 711. The molecule has 0 radical (unpaired) electrons. The summed E-state index contributed by atoms with van der Waals surface area (Å²) in [5.41, 5.74) is 3.45. The summed E-state index contributed by atoms with van der Waals surface area (Å²) in [6.07, 6.45) is 1.47. The van der Waals surface area contributed by atoms with Crippen LogP contribution >= 0.6 is 0 Å². The van der Waals surface area contributed by atoms with Gasteiger partial charge in [-0.3, -0.25) is 4.79 Å². The third-order valence-corrected chi connectivity index (χ3v) is 3.95. The fourth-order valence-corrected chi connectivity index (χ4v) is 2.66. The monoisotopic (exact) mass is 315 g/mol. The van der Waals surface area contributed by atoms with E-state index in [1.54, 1.807) is 6.26 Å². The molecule has 2 N–H and O–H groups in total. The van der Waals surface area contributed by atoms with Gasteiger partial charge in [-0.15, -0.1) is 0 Å². The first-order chi connectivity index (χ1) is 11.0. The van der Waals surface area contributed by atoms with Crippen LogP contribution in [0.4, 0.5) is 5.69 Å². The molecule has 23 heavy (non-hydrogen) atoms. The molecular weight excluding hydrogens is 294 g/mol. The number of hydrogen-bond acceptors (Lipinski definition) is 5. The zero-order valence-corrected chi connectivity index (χ0v) is 13.6. The van der Waals surface area contributed by atoms with Crippen molar-refractivity contribution < 1.29 is 13.9 Å². The first-order valence-corrected chi connectivity index (χ1v) is 7.73. The van der Waals surface area contributed by atoms with Crippen LogP contribution in [-0.4, -0.2) is 36.2 Å². The highest BCUT2D eigenvalue weighted by Crippen LogP contribution is 2.26. The van der Waals surface area contributed by atoms with Crippen LogP contribution < -0.4 is 10.6 Å². The lowest BCUT2D eigenvalue weighted by Gasteiger charge is -2.29. The summed E-state index contributed by atoms with van der Waals surface area (Å²) >= 11 is 0. The number of carbonyl (C=O) groups is 1. The third kappa shape index (κ3) is 3.43. The molecule has 1 fully saturated rings. The Morgan fingerprint density at radius 2 is 2.22 bits per heavy atom. The van der Waals surface area contributed by atoms with E-state index in [9.17, 15) is 4.79 Å². The predicted molar refractivity (Wildman–Crippen MR) is 87.2 cm³/mol. The van der Waals surface area contributed by atoms with Crippen molar-refractivity contribution in [3.8, 4) is 11.5 Å². The van der Waals surface area contributed by atoms with E-state index in [0.29, 0.717) is 24.7 Å². The molecule has 0 saturated carbocycles. The smallest absolute Gasteiger partial charge is 0.244 e. The number of ether oxygens (including phenoxy) is 1. The lowest BCUT2D eigenvalue weighted by molar-refractivity contribution is -0.123. The highest BCUT2D eigenvalue weighted by molar-refractivity contribution is 5.95. The molecule has 2 atom stereocenters. The first kappa shape index (κ1) is 15.7. The van der Waals surface area contributed by atoms with Crippen LogP contribution in [-0.2, 0) is 9.53 Å². The molecule has 0 unspecified atom stereocenters. The molecule has 2 aromatic rings. The van der Waals surface area contributed by atoms with Crippen molar-refractivity contribution in [2.45, 2.75) is 32.9 Å². The van der Waals surface area contributed by atoms with Crippen LogP contribution in [0.15, 0.2) is 28.9 Å². The number of rotatable bonds is 3. The van der Waals surface area contributed by atoms with Gasteiger partial charge in [0, 0.05) is 17.8 Å². The molecular formula is C17H21N3O3. The molecule has 1 aromatic heterocycles. The topological polar surface area (TPSA) is 76.4 Å². The number of anilines is 1. The summed E-state index contributed by atoms with van der Waals surface area (Å²) in [5.74, 6) is 0.458. The maximum absolute atomic E-state index is 12.4. The van der Waals surface area contributed by atoms with Crippen LogP contribution in [0.2, 0.25) is 0 Å². The summed E-state index contributed by atoms with van der Waals surface area (Å²) in [6.45, 7) is 7.07. The number of morpholine rings is 1. The summed E-state index contributed by atoms with van der Waals surface area (Å²) in [7, 11) is 0. The van der Waals surface area contributed by atoms with Gasteiger partial charge in [0.15, 0.2) is 0 Å². The van der Waals surface area contributed by atoms with Crippen molar-refractivity contribution >= 4 is 11.6 Å². The van der Waals surface area contributed by atoms with Crippen molar-refractivity contribution in [3.05, 3.63) is 35.7 Å². The molecule has 122 valence electrons. The van der Waals surface area contributed by atoms with E-state index in [2.05, 4.69) is 15.6 Å². The van der Waals surface area contributed by atoms with Crippen molar-refractivity contribution in [1.82, 2.24) is 10.3 Å². The number of aryl methyl sites for hydroxylation is 2. The fraction of sp³-hybridized carbons (Fsp3) is 0.412. The minimum Gasteiger partial charge on any atom is -0.444 e. The first-order valence-electron chi connectivity index (χ1n) is 7.73. The second-order valence-corrected chi connectivity index (χ2v) is 5.82. The number of benzene rings is 1. The Hall–Kier alpha value is -2.18. The van der Waals surface area contributed by atoms with Gasteiger partial charge in [0.1, 0.15) is 12.3 Å². The SMILES string of the molecule is Cc1coc(-c2cc(NC(=O)[C@H]3NCCO[C@@H]3C)ccc2C)n1. The van der Waals surface area contributed by atoms with E-state index in [4.69, 9.17) is 9.15 Å². The highest BCUT2D eigenvalue weighted by atomic mass is 16.5. The van der Waals surface area contributed by atoms with Gasteiger partial charge in [-0.05, 0) is 38.5 Å². The zero-order valence-electron chi connectivity index (χ0n) is 13.6. The van der Waals surface area contributed by atoms with Gasteiger partial charge < -0.3 is 19.8 Å². The van der Waals surface area contributed by atoms with Gasteiger partial charge in [-0.1, -0.05) is 6.07 Å². The van der Waals surface area contributed by atoms with Gasteiger partial charge >= 0.3 is 0 Å². The van der Waals surface area contributed by atoms with E-state index in [0.717, 1.165) is 16.8 Å². The van der Waals surface area contributed by atoms with Crippen LogP contribution in [0, 0.1) is 13.8 Å². The number of oxazole rings is 1. The fourth-order valence-electron chi connectivity index (χ4n) is 2.66. The van der Waals surface area contributed by atoms with Crippen molar-refractivity contribution in [1.29, 1.82) is 0 Å². The number of carbonyl (C=O) groups excluding carboxylic acids is 1. The maximum Gasteiger partial charge on any atom is 0.244 e. The lowest BCUT2D eigenvalue weighted by Crippen LogP contribution is -2.53. The minimum atomic E-state index is -0.350. The minimum absolute atomic E-state index is 0.101. The Kier molecular flexibility index (Phi) is 4.45. The summed E-state index contributed by atoms with van der Waals surface area (Å²) in [4.78, 5) is 16.8. The molecule has 0 aliphatic carbocycles. The molecule has 0 bridgehead atoms. The van der Waals surface area contributed by atoms with Gasteiger partial charge in [0.2, 0.25) is 11.8 Å². The van der Waals surface area contributed by atoms with E-state index < -0.39 is 0 Å². The molecule has 3 rings (SSSR count). The predicted octanol–water partition coefficient (Wildman–Crippen LogP) is 2.27. The number of hydrogen-bond donors (Lipinski definition) is 2. The van der Waals surface area contributed by atoms with Crippen molar-refractivity contribution in [2.24, 2.45) is 0 Å². The molecule has 1 amide bonds. The van der Waals surface area contributed by atoms with Crippen LogP contribution in [0.1, 0.15) is 18.2 Å². The number of nitrogens with zero attached hydrogens (tertiary/aromatic N) is 1. The third-order valence-electron chi connectivity index (χ3n) is 3.95.